The van der Waals surface area contributed by atoms with Gasteiger partial charge in [-0.1, -0.05) is 13.8 Å². The van der Waals surface area contributed by atoms with Crippen molar-refractivity contribution < 1.29 is 14.5 Å². The maximum Gasteiger partial charge on any atom is 0.269 e. The van der Waals surface area contributed by atoms with Gasteiger partial charge in [0.1, 0.15) is 0 Å². The van der Waals surface area contributed by atoms with Crippen LogP contribution in [-0.4, -0.2) is 16.7 Å². The normalized spacial score (nSPS) is 10.2. The molecule has 0 spiro atoms. The van der Waals surface area contributed by atoms with Gasteiger partial charge >= 0.3 is 0 Å². The third kappa shape index (κ3) is 3.97. The third-order valence-corrected chi connectivity index (χ3v) is 2.19. The first-order valence-corrected chi connectivity index (χ1v) is 5.48. The second-order valence-corrected chi connectivity index (χ2v) is 4.28. The van der Waals surface area contributed by atoms with E-state index in [0.29, 0.717) is 0 Å². The number of nitrogens with zero attached hydrogens (tertiary/aromatic N) is 1. The van der Waals surface area contributed by atoms with Crippen molar-refractivity contribution in [3.63, 3.8) is 0 Å². The van der Waals surface area contributed by atoms with Crippen molar-refractivity contribution in [3.05, 3.63) is 39.9 Å². The Kier molecular flexibility index (Phi) is 4.53. The smallest absolute Gasteiger partial charge is 0.269 e. The molecule has 0 saturated carbocycles. The summed E-state index contributed by atoms with van der Waals surface area (Å²) in [5, 5.41) is 12.7. The Morgan fingerprint density at radius 3 is 2.28 bits per heavy atom. The summed E-state index contributed by atoms with van der Waals surface area (Å²) in [6, 6.07) is 5.08. The molecule has 0 saturated heterocycles. The van der Waals surface area contributed by atoms with Crippen molar-refractivity contribution in [3.8, 4) is 0 Å². The molecule has 0 unspecified atom stereocenters. The molecule has 0 bridgehead atoms. The molecule has 6 nitrogen and oxygen atoms in total. The number of nitrogens with one attached hydrogen (secondary N) is 1. The number of rotatable bonds is 4. The number of nitro groups is 1. The number of nitro benzene ring substituents is 1. The van der Waals surface area contributed by atoms with Gasteiger partial charge in [0.05, 0.1) is 4.92 Å². The Bertz CT molecular complexity index is 465. The molecule has 1 rings (SSSR count). The number of benzene rings is 1. The highest BCUT2D eigenvalue weighted by Crippen LogP contribution is 2.11. The fraction of sp³-hybridized carbons (Fsp3) is 0.333. The lowest BCUT2D eigenvalue weighted by Gasteiger charge is -2.05. The molecule has 0 aromatic heterocycles. The molecule has 0 aliphatic carbocycles. The summed E-state index contributed by atoms with van der Waals surface area (Å²) in [5.41, 5.74) is 0.123. The minimum atomic E-state index is -0.550. The van der Waals surface area contributed by atoms with Crippen LogP contribution < -0.4 is 5.32 Å². The highest BCUT2D eigenvalue weighted by atomic mass is 16.6. The number of carbonyl (C=O) groups excluding carboxylic acids is 2. The predicted molar refractivity (Wildman–Crippen MR) is 65.0 cm³/mol. The molecule has 1 aromatic carbocycles. The number of non-ortho nitro benzene ring substituents is 1. The largest absolute Gasteiger partial charge is 0.292 e. The molecule has 0 atom stereocenters. The quantitative estimate of drug-likeness (QED) is 0.652. The maximum atomic E-state index is 11.6. The summed E-state index contributed by atoms with van der Waals surface area (Å²) in [5.74, 6) is -0.737. The van der Waals surface area contributed by atoms with Crippen LogP contribution in [0.25, 0.3) is 0 Å². The van der Waals surface area contributed by atoms with E-state index < -0.39 is 10.8 Å². The summed E-state index contributed by atoms with van der Waals surface area (Å²) in [7, 11) is 0. The van der Waals surface area contributed by atoms with E-state index in [-0.39, 0.29) is 29.5 Å². The van der Waals surface area contributed by atoms with Crippen molar-refractivity contribution in [2.45, 2.75) is 20.3 Å². The van der Waals surface area contributed by atoms with Crippen LogP contribution in [0.1, 0.15) is 30.6 Å². The number of hydrogen-bond donors (Lipinski definition) is 1. The zero-order valence-electron chi connectivity index (χ0n) is 10.2. The van der Waals surface area contributed by atoms with Gasteiger partial charge in [-0.15, -0.1) is 0 Å². The number of imide groups is 1. The molecule has 0 radical (unpaired) electrons. The van der Waals surface area contributed by atoms with Crippen LogP contribution in [0.4, 0.5) is 5.69 Å². The molecule has 1 aromatic rings. The van der Waals surface area contributed by atoms with Crippen LogP contribution in [0.15, 0.2) is 24.3 Å². The van der Waals surface area contributed by atoms with Crippen LogP contribution in [-0.2, 0) is 4.79 Å². The average molecular weight is 250 g/mol. The van der Waals surface area contributed by atoms with Gasteiger partial charge in [0.15, 0.2) is 0 Å². The zero-order chi connectivity index (χ0) is 13.7. The van der Waals surface area contributed by atoms with Gasteiger partial charge in [-0.2, -0.15) is 0 Å². The van der Waals surface area contributed by atoms with Crippen LogP contribution in [0.5, 0.6) is 0 Å². The summed E-state index contributed by atoms with van der Waals surface area (Å²) >= 11 is 0. The van der Waals surface area contributed by atoms with E-state index >= 15 is 0 Å². The molecule has 0 aliphatic rings. The molecule has 2 amide bonds. The van der Waals surface area contributed by atoms with Gasteiger partial charge in [0.2, 0.25) is 5.91 Å². The second kappa shape index (κ2) is 5.90. The first-order valence-electron chi connectivity index (χ1n) is 5.48. The van der Waals surface area contributed by atoms with E-state index in [9.17, 15) is 19.7 Å². The fourth-order valence-electron chi connectivity index (χ4n) is 1.36. The lowest BCUT2D eigenvalue weighted by Crippen LogP contribution is -2.31. The zero-order valence-corrected chi connectivity index (χ0v) is 10.2. The minimum Gasteiger partial charge on any atom is -0.292 e. The van der Waals surface area contributed by atoms with Gasteiger partial charge in [-0.05, 0) is 18.1 Å². The Balaban J connectivity index is 2.67. The highest BCUT2D eigenvalue weighted by molar-refractivity contribution is 6.04. The molecule has 0 heterocycles. The SMILES string of the molecule is CC(C)CC(=O)NC(=O)c1ccc([N+](=O)[O-])cc1. The van der Waals surface area contributed by atoms with E-state index in [0.717, 1.165) is 0 Å². The lowest BCUT2D eigenvalue weighted by molar-refractivity contribution is -0.384. The summed E-state index contributed by atoms with van der Waals surface area (Å²) in [6.45, 7) is 3.74. The Morgan fingerprint density at radius 1 is 1.28 bits per heavy atom. The third-order valence-electron chi connectivity index (χ3n) is 2.19. The number of amides is 2. The van der Waals surface area contributed by atoms with Gasteiger partial charge in [-0.3, -0.25) is 25.0 Å². The monoisotopic (exact) mass is 250 g/mol. The summed E-state index contributed by atoms with van der Waals surface area (Å²) in [6.07, 6.45) is 0.263. The number of carbonyl (C=O) groups is 2. The first kappa shape index (κ1) is 13.8. The van der Waals surface area contributed by atoms with Crippen LogP contribution in [0, 0.1) is 16.0 Å². The van der Waals surface area contributed by atoms with Gasteiger partial charge in [0, 0.05) is 24.1 Å². The van der Waals surface area contributed by atoms with Crippen molar-refractivity contribution >= 4 is 17.5 Å². The summed E-state index contributed by atoms with van der Waals surface area (Å²) in [4.78, 5) is 32.9. The molecule has 6 heteroatoms. The van der Waals surface area contributed by atoms with Crippen LogP contribution in [0.2, 0.25) is 0 Å². The Labute approximate surface area is 104 Å². The predicted octanol–water partition coefficient (Wildman–Crippen LogP) is 1.90. The molecular weight excluding hydrogens is 236 g/mol. The highest BCUT2D eigenvalue weighted by Gasteiger charge is 2.13. The standard InChI is InChI=1S/C12H14N2O4/c1-8(2)7-11(15)13-12(16)9-3-5-10(6-4-9)14(17)18/h3-6,8H,7H2,1-2H3,(H,13,15,16). The fourth-order valence-corrected chi connectivity index (χ4v) is 1.36. The summed E-state index contributed by atoms with van der Waals surface area (Å²) < 4.78 is 0. The topological polar surface area (TPSA) is 89.3 Å². The van der Waals surface area contributed by atoms with Gasteiger partial charge < -0.3 is 0 Å². The Morgan fingerprint density at radius 2 is 1.83 bits per heavy atom. The first-order chi connectivity index (χ1) is 8.40. The number of hydrogen-bond acceptors (Lipinski definition) is 4. The molecule has 1 N–H and O–H groups in total. The van der Waals surface area contributed by atoms with E-state index in [1.165, 1.54) is 24.3 Å². The lowest BCUT2D eigenvalue weighted by atomic mass is 10.1. The average Bonchev–Trinajstić information content (AvgIpc) is 2.27. The molecular formula is C12H14N2O4. The van der Waals surface area contributed by atoms with Crippen molar-refractivity contribution in [1.82, 2.24) is 5.32 Å². The van der Waals surface area contributed by atoms with E-state index in [1.54, 1.807) is 0 Å². The van der Waals surface area contributed by atoms with Crippen LogP contribution in [0.3, 0.4) is 0 Å². The van der Waals surface area contributed by atoms with Crippen LogP contribution >= 0.6 is 0 Å². The van der Waals surface area contributed by atoms with Gasteiger partial charge in [0.25, 0.3) is 11.6 Å². The van der Waals surface area contributed by atoms with Gasteiger partial charge in [-0.25, -0.2) is 0 Å². The minimum absolute atomic E-state index is 0.0972. The molecule has 0 fully saturated rings. The Hall–Kier alpha value is -2.24. The molecule has 0 aliphatic heterocycles. The van der Waals surface area contributed by atoms with E-state index in [2.05, 4.69) is 5.32 Å². The van der Waals surface area contributed by atoms with E-state index in [1.807, 2.05) is 13.8 Å². The second-order valence-electron chi connectivity index (χ2n) is 4.28. The van der Waals surface area contributed by atoms with Crippen molar-refractivity contribution in [2.24, 2.45) is 5.92 Å². The van der Waals surface area contributed by atoms with Crippen molar-refractivity contribution in [2.75, 3.05) is 0 Å². The van der Waals surface area contributed by atoms with E-state index in [4.69, 9.17) is 0 Å². The molecule has 96 valence electrons. The maximum absolute atomic E-state index is 11.6. The van der Waals surface area contributed by atoms with Crippen molar-refractivity contribution in [1.29, 1.82) is 0 Å². The molecule has 18 heavy (non-hydrogen) atoms.